The smallest absolute Gasteiger partial charge is 0.233 e. The number of halogens is 1. The lowest BCUT2D eigenvalue weighted by Gasteiger charge is -2.42. The minimum Gasteiger partial charge on any atom is -0.476 e. The fourth-order valence-electron chi connectivity index (χ4n) is 2.02. The molecule has 1 unspecified atom stereocenters. The van der Waals surface area contributed by atoms with Crippen LogP contribution in [0.2, 0.25) is 5.15 Å². The summed E-state index contributed by atoms with van der Waals surface area (Å²) in [4.78, 5) is 10.3. The highest BCUT2D eigenvalue weighted by atomic mass is 35.5. The Bertz CT molecular complexity index is 385. The van der Waals surface area contributed by atoms with Gasteiger partial charge in [0, 0.05) is 32.2 Å². The SMILES string of the molecule is COCC(C)N1CC(COc2cncc(Cl)n2)C1. The van der Waals surface area contributed by atoms with Crippen LogP contribution in [-0.4, -0.2) is 54.3 Å². The van der Waals surface area contributed by atoms with Crippen molar-refractivity contribution in [2.45, 2.75) is 13.0 Å². The highest BCUT2D eigenvalue weighted by Gasteiger charge is 2.30. The second-order valence-corrected chi connectivity index (χ2v) is 5.00. The van der Waals surface area contributed by atoms with Crippen LogP contribution in [0.3, 0.4) is 0 Å². The molecule has 0 N–H and O–H groups in total. The van der Waals surface area contributed by atoms with E-state index in [1.165, 1.54) is 6.20 Å². The summed E-state index contributed by atoms with van der Waals surface area (Å²) in [7, 11) is 1.73. The number of ether oxygens (including phenoxy) is 2. The van der Waals surface area contributed by atoms with Gasteiger partial charge in [-0.25, -0.2) is 0 Å². The van der Waals surface area contributed by atoms with Gasteiger partial charge in [0.1, 0.15) is 0 Å². The number of methoxy groups -OCH3 is 1. The van der Waals surface area contributed by atoms with Crippen molar-refractivity contribution in [2.75, 3.05) is 33.4 Å². The van der Waals surface area contributed by atoms with Crippen molar-refractivity contribution in [1.82, 2.24) is 14.9 Å². The second kappa shape index (κ2) is 6.31. The van der Waals surface area contributed by atoms with E-state index in [1.54, 1.807) is 13.3 Å². The number of hydrogen-bond donors (Lipinski definition) is 0. The molecule has 1 atom stereocenters. The number of aromatic nitrogens is 2. The van der Waals surface area contributed by atoms with Crippen molar-refractivity contribution in [1.29, 1.82) is 0 Å². The lowest BCUT2D eigenvalue weighted by Crippen LogP contribution is -2.54. The summed E-state index contributed by atoms with van der Waals surface area (Å²) < 4.78 is 10.7. The maximum Gasteiger partial charge on any atom is 0.233 e. The molecule has 1 saturated heterocycles. The van der Waals surface area contributed by atoms with Crippen molar-refractivity contribution < 1.29 is 9.47 Å². The van der Waals surface area contributed by atoms with Gasteiger partial charge in [-0.3, -0.25) is 9.88 Å². The Hall–Kier alpha value is -0.910. The number of likely N-dealkylation sites (tertiary alicyclic amines) is 1. The zero-order valence-electron chi connectivity index (χ0n) is 10.7. The molecule has 1 aromatic heterocycles. The molecule has 2 heterocycles. The van der Waals surface area contributed by atoms with Crippen LogP contribution >= 0.6 is 11.6 Å². The minimum atomic E-state index is 0.358. The first kappa shape index (κ1) is 13.5. The Balaban J connectivity index is 1.68. The van der Waals surface area contributed by atoms with E-state index >= 15 is 0 Å². The van der Waals surface area contributed by atoms with Crippen LogP contribution in [0.4, 0.5) is 0 Å². The monoisotopic (exact) mass is 271 g/mol. The number of nitrogens with zero attached hydrogens (tertiary/aromatic N) is 3. The fraction of sp³-hybridized carbons (Fsp3) is 0.667. The standard InChI is InChI=1S/C12H18ClN3O2/c1-9(7-17-2)16-5-10(6-16)8-18-12-4-14-3-11(13)15-12/h3-4,9-10H,5-8H2,1-2H3. The van der Waals surface area contributed by atoms with Crippen molar-refractivity contribution in [2.24, 2.45) is 5.92 Å². The molecule has 0 aromatic carbocycles. The quantitative estimate of drug-likeness (QED) is 0.784. The van der Waals surface area contributed by atoms with Crippen LogP contribution in [-0.2, 0) is 4.74 Å². The summed E-state index contributed by atoms with van der Waals surface area (Å²) in [5.41, 5.74) is 0. The molecule has 0 radical (unpaired) electrons. The van der Waals surface area contributed by atoms with Gasteiger partial charge in [-0.1, -0.05) is 11.6 Å². The van der Waals surface area contributed by atoms with Gasteiger partial charge in [0.15, 0.2) is 5.15 Å². The number of rotatable bonds is 6. The normalized spacial score (nSPS) is 18.4. The summed E-state index contributed by atoms with van der Waals surface area (Å²) >= 11 is 5.73. The highest BCUT2D eigenvalue weighted by molar-refractivity contribution is 6.29. The van der Waals surface area contributed by atoms with Crippen LogP contribution in [0.5, 0.6) is 5.88 Å². The average molecular weight is 272 g/mol. The van der Waals surface area contributed by atoms with Gasteiger partial charge >= 0.3 is 0 Å². The molecule has 1 aliphatic rings. The van der Waals surface area contributed by atoms with Gasteiger partial charge in [0.25, 0.3) is 0 Å². The average Bonchev–Trinajstić information content (AvgIpc) is 2.27. The molecule has 1 aliphatic heterocycles. The van der Waals surface area contributed by atoms with Crippen LogP contribution in [0.1, 0.15) is 6.92 Å². The third kappa shape index (κ3) is 3.54. The van der Waals surface area contributed by atoms with Crippen LogP contribution < -0.4 is 4.74 Å². The predicted molar refractivity (Wildman–Crippen MR) is 68.9 cm³/mol. The van der Waals surface area contributed by atoms with Gasteiger partial charge in [-0.15, -0.1) is 0 Å². The van der Waals surface area contributed by atoms with Gasteiger partial charge in [0.05, 0.1) is 25.6 Å². The molecule has 6 heteroatoms. The highest BCUT2D eigenvalue weighted by Crippen LogP contribution is 2.20. The minimum absolute atomic E-state index is 0.358. The van der Waals surface area contributed by atoms with E-state index in [-0.39, 0.29) is 0 Å². The van der Waals surface area contributed by atoms with Crippen molar-refractivity contribution in [3.63, 3.8) is 0 Å². The zero-order valence-corrected chi connectivity index (χ0v) is 11.4. The third-order valence-corrected chi connectivity index (χ3v) is 3.25. The topological polar surface area (TPSA) is 47.5 Å². The Kier molecular flexibility index (Phi) is 4.74. The molecule has 2 rings (SSSR count). The lowest BCUT2D eigenvalue weighted by molar-refractivity contribution is 0.00177. The first-order valence-corrected chi connectivity index (χ1v) is 6.40. The molecule has 1 aromatic rings. The summed E-state index contributed by atoms with van der Waals surface area (Å²) in [6, 6.07) is 0.470. The summed E-state index contributed by atoms with van der Waals surface area (Å²) in [5, 5.41) is 0.358. The third-order valence-electron chi connectivity index (χ3n) is 3.07. The van der Waals surface area contributed by atoms with E-state index in [1.807, 2.05) is 0 Å². The van der Waals surface area contributed by atoms with E-state index in [2.05, 4.69) is 21.8 Å². The first-order chi connectivity index (χ1) is 8.69. The molecule has 0 saturated carbocycles. The molecule has 0 spiro atoms. The van der Waals surface area contributed by atoms with E-state index in [4.69, 9.17) is 21.1 Å². The van der Waals surface area contributed by atoms with E-state index in [0.717, 1.165) is 19.7 Å². The Morgan fingerprint density at radius 1 is 1.50 bits per heavy atom. The predicted octanol–water partition coefficient (Wildman–Crippen LogP) is 1.48. The molecule has 100 valence electrons. The van der Waals surface area contributed by atoms with E-state index in [9.17, 15) is 0 Å². The Labute approximate surface area is 112 Å². The second-order valence-electron chi connectivity index (χ2n) is 4.62. The van der Waals surface area contributed by atoms with E-state index < -0.39 is 0 Å². The van der Waals surface area contributed by atoms with E-state index in [0.29, 0.717) is 29.6 Å². The van der Waals surface area contributed by atoms with Crippen molar-refractivity contribution in [3.05, 3.63) is 17.5 Å². The van der Waals surface area contributed by atoms with Gasteiger partial charge in [-0.05, 0) is 6.92 Å². The largest absolute Gasteiger partial charge is 0.476 e. The Morgan fingerprint density at radius 2 is 2.28 bits per heavy atom. The molecule has 5 nitrogen and oxygen atoms in total. The maximum absolute atomic E-state index is 5.73. The first-order valence-electron chi connectivity index (χ1n) is 6.02. The molecule has 0 aliphatic carbocycles. The molecule has 0 bridgehead atoms. The number of hydrogen-bond acceptors (Lipinski definition) is 5. The van der Waals surface area contributed by atoms with Gasteiger partial charge < -0.3 is 9.47 Å². The van der Waals surface area contributed by atoms with Crippen LogP contribution in [0.25, 0.3) is 0 Å². The Morgan fingerprint density at radius 3 is 2.94 bits per heavy atom. The zero-order chi connectivity index (χ0) is 13.0. The molecule has 1 fully saturated rings. The van der Waals surface area contributed by atoms with Crippen LogP contribution in [0, 0.1) is 5.92 Å². The molecule has 18 heavy (non-hydrogen) atoms. The van der Waals surface area contributed by atoms with Gasteiger partial charge in [-0.2, -0.15) is 4.98 Å². The lowest BCUT2D eigenvalue weighted by atomic mass is 9.99. The summed E-state index contributed by atoms with van der Waals surface area (Å²) in [6.45, 7) is 5.68. The summed E-state index contributed by atoms with van der Waals surface area (Å²) in [6.07, 6.45) is 3.07. The molecule has 0 amide bonds. The van der Waals surface area contributed by atoms with Crippen molar-refractivity contribution in [3.8, 4) is 5.88 Å². The fourth-order valence-corrected chi connectivity index (χ4v) is 2.16. The molecular weight excluding hydrogens is 254 g/mol. The van der Waals surface area contributed by atoms with Crippen molar-refractivity contribution >= 4 is 11.6 Å². The van der Waals surface area contributed by atoms with Crippen LogP contribution in [0.15, 0.2) is 12.4 Å². The molecular formula is C12H18ClN3O2. The summed E-state index contributed by atoms with van der Waals surface area (Å²) in [5.74, 6) is 1.04. The van der Waals surface area contributed by atoms with Gasteiger partial charge in [0.2, 0.25) is 5.88 Å². The maximum atomic E-state index is 5.73.